The maximum absolute atomic E-state index is 12.2. The van der Waals surface area contributed by atoms with Crippen molar-refractivity contribution in [1.29, 1.82) is 0 Å². The maximum atomic E-state index is 12.2. The molecule has 1 aromatic heterocycles. The summed E-state index contributed by atoms with van der Waals surface area (Å²) in [6, 6.07) is 8.76. The molecule has 0 bridgehead atoms. The molecule has 0 aliphatic carbocycles. The van der Waals surface area contributed by atoms with E-state index in [4.69, 9.17) is 0 Å². The number of hydrogen-bond acceptors (Lipinski definition) is 4. The van der Waals surface area contributed by atoms with Gasteiger partial charge < -0.3 is 5.32 Å². The van der Waals surface area contributed by atoms with Gasteiger partial charge in [0.15, 0.2) is 0 Å². The van der Waals surface area contributed by atoms with Gasteiger partial charge in [0, 0.05) is 27.3 Å². The summed E-state index contributed by atoms with van der Waals surface area (Å²) in [7, 11) is 1.43. The van der Waals surface area contributed by atoms with Crippen LogP contribution in [0.2, 0.25) is 0 Å². The molecule has 0 spiro atoms. The van der Waals surface area contributed by atoms with Crippen molar-refractivity contribution in [3.05, 3.63) is 42.2 Å². The second kappa shape index (κ2) is 5.64. The number of nitrogens with zero attached hydrogens (tertiary/aromatic N) is 3. The van der Waals surface area contributed by atoms with Crippen LogP contribution in [0, 0.1) is 0 Å². The predicted molar refractivity (Wildman–Crippen MR) is 77.8 cm³/mol. The number of sulfonamides is 1. The fourth-order valence-electron chi connectivity index (χ4n) is 1.79. The highest BCUT2D eigenvalue weighted by molar-refractivity contribution is 7.89. The van der Waals surface area contributed by atoms with E-state index in [1.807, 2.05) is 13.1 Å². The van der Waals surface area contributed by atoms with Gasteiger partial charge >= 0.3 is 0 Å². The van der Waals surface area contributed by atoms with E-state index in [2.05, 4.69) is 10.4 Å². The molecule has 0 aliphatic heterocycles. The summed E-state index contributed by atoms with van der Waals surface area (Å²) < 4.78 is 27.5. The summed E-state index contributed by atoms with van der Waals surface area (Å²) in [5, 5.41) is 7.23. The fraction of sp³-hybridized carbons (Fsp3) is 0.308. The average Bonchev–Trinajstić information content (AvgIpc) is 2.82. The Labute approximate surface area is 119 Å². The van der Waals surface area contributed by atoms with E-state index in [-0.39, 0.29) is 4.90 Å². The monoisotopic (exact) mass is 294 g/mol. The molecule has 0 fully saturated rings. The molecule has 0 radical (unpaired) electrons. The smallest absolute Gasteiger partial charge is 0.244 e. The number of benzene rings is 1. The Kier molecular flexibility index (Phi) is 4.10. The van der Waals surface area contributed by atoms with Gasteiger partial charge in [-0.2, -0.15) is 5.10 Å². The number of aryl methyl sites for hydroxylation is 1. The quantitative estimate of drug-likeness (QED) is 0.902. The molecule has 20 heavy (non-hydrogen) atoms. The molecule has 1 N–H and O–H groups in total. The van der Waals surface area contributed by atoms with Crippen molar-refractivity contribution in [2.45, 2.75) is 11.4 Å². The highest BCUT2D eigenvalue weighted by Crippen LogP contribution is 2.23. The molecule has 2 aromatic rings. The molecule has 0 atom stereocenters. The third-order valence-electron chi connectivity index (χ3n) is 3.03. The highest BCUT2D eigenvalue weighted by atomic mass is 32.2. The Balaban J connectivity index is 2.28. The molecule has 6 nitrogen and oxygen atoms in total. The van der Waals surface area contributed by atoms with Crippen molar-refractivity contribution in [3.63, 3.8) is 0 Å². The Morgan fingerprint density at radius 2 is 1.95 bits per heavy atom. The molecule has 1 aromatic carbocycles. The number of aromatic nitrogens is 2. The van der Waals surface area contributed by atoms with Gasteiger partial charge in [-0.3, -0.25) is 4.68 Å². The third kappa shape index (κ3) is 2.83. The molecule has 0 unspecified atom stereocenters. The van der Waals surface area contributed by atoms with Gasteiger partial charge in [0.1, 0.15) is 4.90 Å². The first-order chi connectivity index (χ1) is 9.43. The zero-order valence-corrected chi connectivity index (χ0v) is 12.6. The number of rotatable bonds is 5. The molecule has 7 heteroatoms. The average molecular weight is 294 g/mol. The van der Waals surface area contributed by atoms with Crippen LogP contribution >= 0.6 is 0 Å². The van der Waals surface area contributed by atoms with Gasteiger partial charge in [-0.15, -0.1) is 0 Å². The molecule has 108 valence electrons. The molecular formula is C13H18N4O2S. The Morgan fingerprint density at radius 3 is 2.55 bits per heavy atom. The van der Waals surface area contributed by atoms with E-state index >= 15 is 0 Å². The second-order valence-corrected chi connectivity index (χ2v) is 6.70. The van der Waals surface area contributed by atoms with Gasteiger partial charge in [0.05, 0.1) is 17.9 Å². The van der Waals surface area contributed by atoms with E-state index in [1.54, 1.807) is 35.1 Å². The fourth-order valence-corrected chi connectivity index (χ4v) is 2.86. The minimum Gasteiger partial charge on any atom is -0.378 e. The lowest BCUT2D eigenvalue weighted by Crippen LogP contribution is -2.23. The van der Waals surface area contributed by atoms with Crippen molar-refractivity contribution in [1.82, 2.24) is 14.1 Å². The molecular weight excluding hydrogens is 276 g/mol. The van der Waals surface area contributed by atoms with Crippen molar-refractivity contribution < 1.29 is 8.42 Å². The van der Waals surface area contributed by atoms with Crippen LogP contribution in [-0.2, 0) is 23.6 Å². The van der Waals surface area contributed by atoms with Crippen molar-refractivity contribution >= 4 is 15.7 Å². The van der Waals surface area contributed by atoms with Crippen LogP contribution in [0.5, 0.6) is 0 Å². The van der Waals surface area contributed by atoms with Crippen LogP contribution in [0.25, 0.3) is 0 Å². The summed E-state index contributed by atoms with van der Waals surface area (Å²) in [4.78, 5) is 0.271. The third-order valence-corrected chi connectivity index (χ3v) is 4.90. The Morgan fingerprint density at radius 1 is 1.25 bits per heavy atom. The summed E-state index contributed by atoms with van der Waals surface area (Å²) >= 11 is 0. The van der Waals surface area contributed by atoms with Gasteiger partial charge in [0.2, 0.25) is 10.0 Å². The van der Waals surface area contributed by atoms with E-state index in [1.165, 1.54) is 18.4 Å². The van der Waals surface area contributed by atoms with Crippen LogP contribution < -0.4 is 5.32 Å². The zero-order chi connectivity index (χ0) is 14.8. The molecule has 0 amide bonds. The lowest BCUT2D eigenvalue weighted by molar-refractivity contribution is 0.521. The first-order valence-corrected chi connectivity index (χ1v) is 7.59. The van der Waals surface area contributed by atoms with Crippen molar-refractivity contribution in [2.24, 2.45) is 7.05 Å². The summed E-state index contributed by atoms with van der Waals surface area (Å²) in [5.74, 6) is 0. The van der Waals surface area contributed by atoms with Gasteiger partial charge in [-0.05, 0) is 18.2 Å². The topological polar surface area (TPSA) is 67.2 Å². The van der Waals surface area contributed by atoms with Crippen LogP contribution in [0.3, 0.4) is 0 Å². The normalized spacial score (nSPS) is 11.8. The number of para-hydroxylation sites is 1. The standard InChI is InChI=1S/C13H18N4O2S/c1-16(2)20(18,19)13-7-5-4-6-12(13)14-10-11-8-9-15-17(11)3/h4-9,14H,10H2,1-3H3. The lowest BCUT2D eigenvalue weighted by Gasteiger charge is -2.16. The minimum absolute atomic E-state index is 0.271. The Hall–Kier alpha value is -1.86. The summed E-state index contributed by atoms with van der Waals surface area (Å²) in [6.45, 7) is 0.510. The number of hydrogen-bond donors (Lipinski definition) is 1. The summed E-state index contributed by atoms with van der Waals surface area (Å²) in [6.07, 6.45) is 1.71. The largest absolute Gasteiger partial charge is 0.378 e. The molecule has 0 saturated carbocycles. The van der Waals surface area contributed by atoms with E-state index in [0.29, 0.717) is 12.2 Å². The number of nitrogens with one attached hydrogen (secondary N) is 1. The van der Waals surface area contributed by atoms with Gasteiger partial charge in [-0.1, -0.05) is 12.1 Å². The van der Waals surface area contributed by atoms with Crippen LogP contribution in [0.4, 0.5) is 5.69 Å². The SMILES string of the molecule is CN(C)S(=O)(=O)c1ccccc1NCc1ccnn1C. The van der Waals surface area contributed by atoms with Crippen LogP contribution in [-0.4, -0.2) is 36.6 Å². The minimum atomic E-state index is -3.46. The maximum Gasteiger partial charge on any atom is 0.244 e. The molecule has 1 heterocycles. The van der Waals surface area contributed by atoms with E-state index in [0.717, 1.165) is 5.69 Å². The molecule has 0 aliphatic rings. The Bertz CT molecular complexity index is 692. The molecule has 2 rings (SSSR count). The first-order valence-electron chi connectivity index (χ1n) is 6.15. The first kappa shape index (κ1) is 14.5. The zero-order valence-electron chi connectivity index (χ0n) is 11.7. The van der Waals surface area contributed by atoms with Crippen molar-refractivity contribution in [3.8, 4) is 0 Å². The predicted octanol–water partition coefficient (Wildman–Crippen LogP) is 1.28. The lowest BCUT2D eigenvalue weighted by atomic mass is 10.3. The summed E-state index contributed by atoms with van der Waals surface area (Å²) in [5.41, 5.74) is 1.56. The van der Waals surface area contributed by atoms with Gasteiger partial charge in [0.25, 0.3) is 0 Å². The van der Waals surface area contributed by atoms with Crippen molar-refractivity contribution in [2.75, 3.05) is 19.4 Å². The van der Waals surface area contributed by atoms with Crippen LogP contribution in [0.1, 0.15) is 5.69 Å². The number of anilines is 1. The van der Waals surface area contributed by atoms with Gasteiger partial charge in [-0.25, -0.2) is 12.7 Å². The van der Waals surface area contributed by atoms with E-state index < -0.39 is 10.0 Å². The van der Waals surface area contributed by atoms with E-state index in [9.17, 15) is 8.42 Å². The second-order valence-electron chi connectivity index (χ2n) is 4.58. The van der Waals surface area contributed by atoms with Crippen LogP contribution in [0.15, 0.2) is 41.4 Å². The highest BCUT2D eigenvalue weighted by Gasteiger charge is 2.20. The molecule has 0 saturated heterocycles.